The first-order valence-corrected chi connectivity index (χ1v) is 11.4. The molecule has 212 valence electrons. The molecule has 0 radical (unpaired) electrons. The summed E-state index contributed by atoms with van der Waals surface area (Å²) in [6.45, 7) is 4.05. The molecule has 2 aromatic rings. The van der Waals surface area contributed by atoms with Crippen LogP contribution in [0.5, 0.6) is 5.75 Å². The summed E-state index contributed by atoms with van der Waals surface area (Å²) in [5.41, 5.74) is -0.00502. The molecule has 12 nitrogen and oxygen atoms in total. The third-order valence-corrected chi connectivity index (χ3v) is 5.43. The summed E-state index contributed by atoms with van der Waals surface area (Å²) in [6.07, 6.45) is -12.0. The topological polar surface area (TPSA) is 157 Å². The first-order valence-electron chi connectivity index (χ1n) is 11.4. The van der Waals surface area contributed by atoms with E-state index in [1.165, 1.54) is 24.3 Å². The van der Waals surface area contributed by atoms with Crippen molar-refractivity contribution in [2.75, 3.05) is 6.61 Å². The monoisotopic (exact) mass is 559 g/mol. The highest BCUT2D eigenvalue weighted by molar-refractivity contribution is 5.82. The number of fused-ring (bicyclic) bond motifs is 1. The number of amides is 1. The van der Waals surface area contributed by atoms with Crippen LogP contribution < -0.4 is 15.7 Å². The number of alkyl halides is 3. The zero-order valence-corrected chi connectivity index (χ0v) is 21.0. The molecule has 0 spiro atoms. The summed E-state index contributed by atoms with van der Waals surface area (Å²) in [6, 6.07) is 3.53. The van der Waals surface area contributed by atoms with E-state index in [2.05, 4.69) is 0 Å². The zero-order valence-electron chi connectivity index (χ0n) is 21.0. The number of rotatable bonds is 7. The first kappa shape index (κ1) is 29.4. The van der Waals surface area contributed by atoms with Gasteiger partial charge in [-0.15, -0.1) is 0 Å². The van der Waals surface area contributed by atoms with Crippen LogP contribution in [0.25, 0.3) is 11.0 Å². The van der Waals surface area contributed by atoms with E-state index in [4.69, 9.17) is 28.1 Å². The van der Waals surface area contributed by atoms with E-state index in [1.54, 1.807) is 12.2 Å². The maximum absolute atomic E-state index is 13.2. The summed E-state index contributed by atoms with van der Waals surface area (Å²) < 4.78 is 71.5. The molecule has 1 amide bonds. The first-order chi connectivity index (χ1) is 18.1. The molecule has 1 aliphatic heterocycles. The lowest BCUT2D eigenvalue weighted by atomic mass is 9.96. The van der Waals surface area contributed by atoms with E-state index >= 15 is 0 Å². The van der Waals surface area contributed by atoms with Crippen molar-refractivity contribution in [1.82, 2.24) is 5.32 Å². The lowest BCUT2D eigenvalue weighted by Gasteiger charge is -2.44. The molecule has 0 aliphatic carbocycles. The van der Waals surface area contributed by atoms with Gasteiger partial charge in [0.2, 0.25) is 6.29 Å². The van der Waals surface area contributed by atoms with Crippen LogP contribution in [-0.2, 0) is 38.1 Å². The Morgan fingerprint density at radius 1 is 0.974 bits per heavy atom. The number of benzene rings is 1. The Labute approximate surface area is 218 Å². The lowest BCUT2D eigenvalue weighted by Crippen LogP contribution is -2.68. The third-order valence-electron chi connectivity index (χ3n) is 5.43. The van der Waals surface area contributed by atoms with Gasteiger partial charge in [0.1, 0.15) is 30.1 Å². The van der Waals surface area contributed by atoms with Gasteiger partial charge >= 0.3 is 35.6 Å². The van der Waals surface area contributed by atoms with E-state index in [-0.39, 0.29) is 11.3 Å². The molecule has 1 saturated heterocycles. The maximum atomic E-state index is 13.2. The SMILES string of the molecule is CC(=O)OC[C@@H]1O[C@@H](Oc2ccc3c(C)cc(=O)oc3c2)[C@@H](NC(=O)C(F)(F)F)[C@@H](OC(C)=O)[C@@H]1OC(C)=O. The van der Waals surface area contributed by atoms with Gasteiger partial charge in [0.25, 0.3) is 0 Å². The van der Waals surface area contributed by atoms with Gasteiger partial charge in [-0.1, -0.05) is 0 Å². The van der Waals surface area contributed by atoms with E-state index in [1.807, 2.05) is 0 Å². The van der Waals surface area contributed by atoms with Crippen LogP contribution >= 0.6 is 0 Å². The number of hydrogen-bond acceptors (Lipinski definition) is 11. The summed E-state index contributed by atoms with van der Waals surface area (Å²) in [7, 11) is 0. The predicted octanol–water partition coefficient (Wildman–Crippen LogP) is 1.68. The van der Waals surface area contributed by atoms with Gasteiger partial charge in [-0.3, -0.25) is 19.2 Å². The fourth-order valence-corrected chi connectivity index (χ4v) is 3.90. The lowest BCUT2D eigenvalue weighted by molar-refractivity contribution is -0.258. The number of ether oxygens (including phenoxy) is 5. The fourth-order valence-electron chi connectivity index (χ4n) is 3.90. The average Bonchev–Trinajstić information content (AvgIpc) is 2.79. The number of carbonyl (C=O) groups excluding carboxylic acids is 4. The van der Waals surface area contributed by atoms with Crippen LogP contribution in [0.3, 0.4) is 0 Å². The van der Waals surface area contributed by atoms with Crippen molar-refractivity contribution >= 4 is 34.8 Å². The zero-order chi connectivity index (χ0) is 29.1. The van der Waals surface area contributed by atoms with Crippen molar-refractivity contribution in [1.29, 1.82) is 0 Å². The van der Waals surface area contributed by atoms with Crippen LogP contribution in [0, 0.1) is 6.92 Å². The molecule has 3 rings (SSSR count). The highest BCUT2D eigenvalue weighted by atomic mass is 19.4. The molecular weight excluding hydrogens is 535 g/mol. The number of hydrogen-bond donors (Lipinski definition) is 1. The van der Waals surface area contributed by atoms with Gasteiger partial charge in [0, 0.05) is 38.3 Å². The minimum atomic E-state index is -5.36. The number of nitrogens with one attached hydrogen (secondary N) is 1. The van der Waals surface area contributed by atoms with Gasteiger partial charge in [-0.2, -0.15) is 13.2 Å². The molecule has 15 heteroatoms. The molecule has 0 saturated carbocycles. The molecule has 0 bridgehead atoms. The Morgan fingerprint density at radius 2 is 1.62 bits per heavy atom. The van der Waals surface area contributed by atoms with Crippen molar-refractivity contribution in [2.24, 2.45) is 0 Å². The van der Waals surface area contributed by atoms with Gasteiger partial charge in [-0.25, -0.2) is 4.79 Å². The highest BCUT2D eigenvalue weighted by Crippen LogP contribution is 2.31. The van der Waals surface area contributed by atoms with Crippen molar-refractivity contribution in [2.45, 2.75) is 64.5 Å². The summed E-state index contributed by atoms with van der Waals surface area (Å²) in [4.78, 5) is 58.9. The van der Waals surface area contributed by atoms with Crippen molar-refractivity contribution < 1.29 is 60.5 Å². The van der Waals surface area contributed by atoms with Crippen molar-refractivity contribution in [3.05, 3.63) is 40.2 Å². The second-order valence-electron chi connectivity index (χ2n) is 8.51. The minimum absolute atomic E-state index is 0.0775. The van der Waals surface area contributed by atoms with Gasteiger partial charge < -0.3 is 33.4 Å². The molecule has 1 aromatic carbocycles. The van der Waals surface area contributed by atoms with Crippen molar-refractivity contribution in [3.63, 3.8) is 0 Å². The van der Waals surface area contributed by atoms with E-state index < -0.39 is 72.9 Å². The third kappa shape index (κ3) is 7.46. The van der Waals surface area contributed by atoms with E-state index in [9.17, 15) is 37.1 Å². The van der Waals surface area contributed by atoms with Crippen LogP contribution in [-0.4, -0.2) is 67.2 Å². The molecular formula is C24H24F3NO11. The number of aryl methyl sites for hydroxylation is 1. The fraction of sp³-hybridized carbons (Fsp3) is 0.458. The maximum Gasteiger partial charge on any atom is 0.471 e. The Kier molecular flexibility index (Phi) is 8.84. The molecule has 0 unspecified atom stereocenters. The Balaban J connectivity index is 2.08. The molecule has 5 atom stereocenters. The van der Waals surface area contributed by atoms with Gasteiger partial charge in [-0.05, 0) is 24.6 Å². The summed E-state index contributed by atoms with van der Waals surface area (Å²) >= 11 is 0. The Hall–Kier alpha value is -4.14. The quantitative estimate of drug-likeness (QED) is 0.299. The van der Waals surface area contributed by atoms with Gasteiger partial charge in [0.15, 0.2) is 12.2 Å². The Bertz CT molecular complexity index is 1320. The number of esters is 3. The van der Waals surface area contributed by atoms with Gasteiger partial charge in [0.05, 0.1) is 0 Å². The van der Waals surface area contributed by atoms with Crippen LogP contribution in [0.4, 0.5) is 13.2 Å². The second kappa shape index (κ2) is 11.7. The smallest absolute Gasteiger partial charge is 0.463 e. The summed E-state index contributed by atoms with van der Waals surface area (Å²) in [5, 5.41) is 2.20. The van der Waals surface area contributed by atoms with Crippen molar-refractivity contribution in [3.8, 4) is 5.75 Å². The van der Waals surface area contributed by atoms with E-state index in [0.717, 1.165) is 20.8 Å². The molecule has 1 N–H and O–H groups in total. The normalized spacial score (nSPS) is 23.0. The second-order valence-corrected chi connectivity index (χ2v) is 8.51. The molecule has 1 aromatic heterocycles. The van der Waals surface area contributed by atoms with Crippen LogP contribution in [0.1, 0.15) is 26.3 Å². The van der Waals surface area contributed by atoms with E-state index in [0.29, 0.717) is 10.9 Å². The van der Waals surface area contributed by atoms with Crippen LogP contribution in [0.2, 0.25) is 0 Å². The molecule has 1 aliphatic rings. The highest BCUT2D eigenvalue weighted by Gasteiger charge is 2.54. The average molecular weight is 559 g/mol. The standard InChI is InChI=1S/C24H24F3NO11/c1-10-7-18(32)38-16-8-14(5-6-15(10)16)37-22-19(28-23(33)24(25,26)27)21(36-13(4)31)20(35-12(3)30)17(39-22)9-34-11(2)29/h5-8,17,19-22H,9H2,1-4H3,(H,28,33)/t17-,19-,20+,21+,22+/m0/s1. The molecule has 1 fully saturated rings. The summed E-state index contributed by atoms with van der Waals surface area (Å²) in [5.74, 6) is -5.21. The van der Waals surface area contributed by atoms with Crippen LogP contribution in [0.15, 0.2) is 33.5 Å². The number of carbonyl (C=O) groups is 4. The minimum Gasteiger partial charge on any atom is -0.463 e. The Morgan fingerprint density at radius 3 is 2.21 bits per heavy atom. The number of halogens is 3. The molecule has 39 heavy (non-hydrogen) atoms. The predicted molar refractivity (Wildman–Crippen MR) is 122 cm³/mol. The largest absolute Gasteiger partial charge is 0.471 e. The molecule has 2 heterocycles.